The van der Waals surface area contributed by atoms with Crippen LogP contribution >= 0.6 is 0 Å². The zero-order valence-corrected chi connectivity index (χ0v) is 9.35. The third-order valence-electron chi connectivity index (χ3n) is 2.40. The molecule has 0 fully saturated rings. The van der Waals surface area contributed by atoms with Crippen LogP contribution in [0.15, 0.2) is 12.1 Å². The van der Waals surface area contributed by atoms with Gasteiger partial charge in [-0.3, -0.25) is 0 Å². The number of hydrogen-bond acceptors (Lipinski definition) is 2. The van der Waals surface area contributed by atoms with Gasteiger partial charge in [-0.05, 0) is 50.4 Å². The number of benzene rings is 1. The average Bonchev–Trinajstić information content (AvgIpc) is 2.20. The van der Waals surface area contributed by atoms with Crippen molar-refractivity contribution in [2.45, 2.75) is 26.2 Å². The third-order valence-corrected chi connectivity index (χ3v) is 2.40. The van der Waals surface area contributed by atoms with E-state index in [1.165, 1.54) is 0 Å². The predicted octanol–water partition coefficient (Wildman–Crippen LogP) is 2.42. The van der Waals surface area contributed by atoms with E-state index in [0.29, 0.717) is 24.3 Å². The fraction of sp³-hybridized carbons (Fsp3) is 0.500. The highest BCUT2D eigenvalue weighted by molar-refractivity contribution is 5.38. The quantitative estimate of drug-likeness (QED) is 0.759. The Bertz CT molecular complexity index is 326. The summed E-state index contributed by atoms with van der Waals surface area (Å²) < 4.78 is 18.8. The van der Waals surface area contributed by atoms with Gasteiger partial charge in [-0.25, -0.2) is 4.39 Å². The second-order valence-electron chi connectivity index (χ2n) is 3.67. The number of aryl methyl sites for hydroxylation is 1. The summed E-state index contributed by atoms with van der Waals surface area (Å²) in [6, 6.07) is 3.40. The molecule has 0 amide bonds. The third kappa shape index (κ3) is 3.20. The van der Waals surface area contributed by atoms with Crippen molar-refractivity contribution >= 4 is 0 Å². The molecule has 0 heterocycles. The summed E-state index contributed by atoms with van der Waals surface area (Å²) >= 11 is 0. The molecule has 0 unspecified atom stereocenters. The maximum Gasteiger partial charge on any atom is 0.130 e. The van der Waals surface area contributed by atoms with Crippen molar-refractivity contribution in [1.82, 2.24) is 0 Å². The van der Waals surface area contributed by atoms with Crippen LogP contribution in [0.25, 0.3) is 0 Å². The molecule has 0 aliphatic rings. The first-order valence-electron chi connectivity index (χ1n) is 5.22. The summed E-state index contributed by atoms with van der Waals surface area (Å²) in [5.74, 6) is 0.466. The summed E-state index contributed by atoms with van der Waals surface area (Å²) in [7, 11) is 1.57. The van der Waals surface area contributed by atoms with Crippen LogP contribution in [0.5, 0.6) is 5.75 Å². The molecule has 0 aromatic heterocycles. The highest BCUT2D eigenvalue weighted by Crippen LogP contribution is 2.25. The van der Waals surface area contributed by atoms with Crippen LogP contribution < -0.4 is 10.5 Å². The van der Waals surface area contributed by atoms with Gasteiger partial charge in [-0.15, -0.1) is 0 Å². The molecule has 0 aliphatic heterocycles. The van der Waals surface area contributed by atoms with Gasteiger partial charge in [0.25, 0.3) is 0 Å². The first-order valence-corrected chi connectivity index (χ1v) is 5.22. The van der Waals surface area contributed by atoms with Gasteiger partial charge in [-0.1, -0.05) is 0 Å². The van der Waals surface area contributed by atoms with E-state index < -0.39 is 0 Å². The molecule has 2 nitrogen and oxygen atoms in total. The molecule has 2 N–H and O–H groups in total. The largest absolute Gasteiger partial charge is 0.496 e. The highest BCUT2D eigenvalue weighted by atomic mass is 19.1. The molecule has 1 aromatic rings. The van der Waals surface area contributed by atoms with Gasteiger partial charge in [0.2, 0.25) is 0 Å². The molecular formula is C12H18FNO. The topological polar surface area (TPSA) is 35.2 Å². The summed E-state index contributed by atoms with van der Waals surface area (Å²) in [6.45, 7) is 2.51. The van der Waals surface area contributed by atoms with Crippen LogP contribution in [0, 0.1) is 12.7 Å². The lowest BCUT2D eigenvalue weighted by atomic mass is 10.0. The summed E-state index contributed by atoms with van der Waals surface area (Å²) in [5, 5.41) is 0. The molecule has 0 atom stereocenters. The van der Waals surface area contributed by atoms with Crippen LogP contribution in [0.3, 0.4) is 0 Å². The van der Waals surface area contributed by atoms with Crippen molar-refractivity contribution < 1.29 is 9.13 Å². The monoisotopic (exact) mass is 211 g/mol. The van der Waals surface area contributed by atoms with Gasteiger partial charge < -0.3 is 10.5 Å². The lowest BCUT2D eigenvalue weighted by Crippen LogP contribution is -2.02. The molecule has 84 valence electrons. The Morgan fingerprint density at radius 2 is 2.07 bits per heavy atom. The minimum Gasteiger partial charge on any atom is -0.496 e. The van der Waals surface area contributed by atoms with Crippen LogP contribution in [0.1, 0.15) is 24.0 Å². The first-order chi connectivity index (χ1) is 7.19. The minimum atomic E-state index is -0.177. The van der Waals surface area contributed by atoms with E-state index in [9.17, 15) is 4.39 Å². The van der Waals surface area contributed by atoms with E-state index in [0.717, 1.165) is 18.4 Å². The Balaban J connectivity index is 2.84. The Kier molecular flexibility index (Phi) is 4.56. The SMILES string of the molecule is COc1cc(C)cc(F)c1CCCCN. The zero-order valence-electron chi connectivity index (χ0n) is 9.35. The van der Waals surface area contributed by atoms with Crippen molar-refractivity contribution in [3.8, 4) is 5.75 Å². The summed E-state index contributed by atoms with van der Waals surface area (Å²) in [4.78, 5) is 0. The van der Waals surface area contributed by atoms with E-state index in [1.807, 2.05) is 13.0 Å². The number of nitrogens with two attached hydrogens (primary N) is 1. The van der Waals surface area contributed by atoms with E-state index in [1.54, 1.807) is 13.2 Å². The molecule has 1 rings (SSSR count). The number of hydrogen-bond donors (Lipinski definition) is 1. The molecule has 15 heavy (non-hydrogen) atoms. The van der Waals surface area contributed by atoms with Crippen molar-refractivity contribution in [2.75, 3.05) is 13.7 Å². The smallest absolute Gasteiger partial charge is 0.130 e. The van der Waals surface area contributed by atoms with Gasteiger partial charge in [0.15, 0.2) is 0 Å². The maximum atomic E-state index is 13.6. The zero-order chi connectivity index (χ0) is 11.3. The first kappa shape index (κ1) is 12.0. The maximum absolute atomic E-state index is 13.6. The van der Waals surface area contributed by atoms with Crippen molar-refractivity contribution in [3.63, 3.8) is 0 Å². The van der Waals surface area contributed by atoms with Gasteiger partial charge in [0.1, 0.15) is 11.6 Å². The minimum absolute atomic E-state index is 0.177. The van der Waals surface area contributed by atoms with Crippen molar-refractivity contribution in [2.24, 2.45) is 5.73 Å². The van der Waals surface area contributed by atoms with Crippen LogP contribution in [0.4, 0.5) is 4.39 Å². The normalized spacial score (nSPS) is 10.4. The Labute approximate surface area is 90.2 Å². The Morgan fingerprint density at radius 1 is 1.33 bits per heavy atom. The molecular weight excluding hydrogens is 193 g/mol. The molecule has 0 radical (unpaired) electrons. The second kappa shape index (κ2) is 5.71. The molecule has 0 saturated heterocycles. The fourth-order valence-corrected chi connectivity index (χ4v) is 1.61. The highest BCUT2D eigenvalue weighted by Gasteiger charge is 2.09. The number of rotatable bonds is 5. The van der Waals surface area contributed by atoms with E-state index in [4.69, 9.17) is 10.5 Å². The lowest BCUT2D eigenvalue weighted by molar-refractivity contribution is 0.403. The molecule has 3 heteroatoms. The summed E-state index contributed by atoms with van der Waals surface area (Å²) in [5.41, 5.74) is 6.95. The fourth-order valence-electron chi connectivity index (χ4n) is 1.61. The van der Waals surface area contributed by atoms with Gasteiger partial charge in [0, 0.05) is 5.56 Å². The Morgan fingerprint density at radius 3 is 2.67 bits per heavy atom. The van der Waals surface area contributed by atoms with E-state index >= 15 is 0 Å². The van der Waals surface area contributed by atoms with Crippen LogP contribution in [-0.4, -0.2) is 13.7 Å². The van der Waals surface area contributed by atoms with Crippen molar-refractivity contribution in [3.05, 3.63) is 29.1 Å². The number of halogens is 1. The van der Waals surface area contributed by atoms with Gasteiger partial charge in [-0.2, -0.15) is 0 Å². The summed E-state index contributed by atoms with van der Waals surface area (Å²) in [6.07, 6.45) is 2.50. The lowest BCUT2D eigenvalue weighted by Gasteiger charge is -2.10. The van der Waals surface area contributed by atoms with Crippen LogP contribution in [0.2, 0.25) is 0 Å². The van der Waals surface area contributed by atoms with E-state index in [2.05, 4.69) is 0 Å². The molecule has 0 spiro atoms. The predicted molar refractivity (Wildman–Crippen MR) is 59.7 cm³/mol. The van der Waals surface area contributed by atoms with Crippen molar-refractivity contribution in [1.29, 1.82) is 0 Å². The van der Waals surface area contributed by atoms with Gasteiger partial charge >= 0.3 is 0 Å². The van der Waals surface area contributed by atoms with Gasteiger partial charge in [0.05, 0.1) is 7.11 Å². The number of methoxy groups -OCH3 is 1. The molecule has 0 aliphatic carbocycles. The number of unbranched alkanes of at least 4 members (excludes halogenated alkanes) is 1. The van der Waals surface area contributed by atoms with E-state index in [-0.39, 0.29) is 5.82 Å². The Hall–Kier alpha value is -1.09. The standard InChI is InChI=1S/C12H18FNO/c1-9-7-11(13)10(5-3-4-6-14)12(8-9)15-2/h7-8H,3-6,14H2,1-2H3. The molecule has 0 bridgehead atoms. The molecule has 0 saturated carbocycles. The second-order valence-corrected chi connectivity index (χ2v) is 3.67. The number of ether oxygens (including phenoxy) is 1. The van der Waals surface area contributed by atoms with Crippen LogP contribution in [-0.2, 0) is 6.42 Å². The molecule has 1 aromatic carbocycles. The average molecular weight is 211 g/mol.